The molecule has 0 atom stereocenters. The van der Waals surface area contributed by atoms with Crippen LogP contribution in [-0.2, 0) is 0 Å². The number of carbonyl (C=O) groups is 1. The smallest absolute Gasteiger partial charge is 0.252 e. The van der Waals surface area contributed by atoms with Crippen molar-refractivity contribution in [2.24, 2.45) is 10.9 Å². The molecule has 0 radical (unpaired) electrons. The van der Waals surface area contributed by atoms with Crippen molar-refractivity contribution in [3.8, 4) is 0 Å². The van der Waals surface area contributed by atoms with Crippen molar-refractivity contribution < 1.29 is 10.0 Å². The van der Waals surface area contributed by atoms with Gasteiger partial charge in [-0.15, -0.1) is 0 Å². The third-order valence-electron chi connectivity index (χ3n) is 2.80. The van der Waals surface area contributed by atoms with Crippen molar-refractivity contribution in [1.29, 1.82) is 0 Å². The number of nitrogens with one attached hydrogen (secondary N) is 1. The van der Waals surface area contributed by atoms with Crippen LogP contribution in [0.4, 0.5) is 5.69 Å². The average molecular weight is 264 g/mol. The van der Waals surface area contributed by atoms with E-state index < -0.39 is 5.54 Å². The number of amides is 1. The molecule has 0 unspecified atom stereocenters. The van der Waals surface area contributed by atoms with Gasteiger partial charge >= 0.3 is 0 Å². The van der Waals surface area contributed by atoms with Crippen LogP contribution >= 0.6 is 0 Å². The lowest BCUT2D eigenvalue weighted by Crippen LogP contribution is -2.53. The Labute approximate surface area is 112 Å². The molecule has 1 aromatic rings. The van der Waals surface area contributed by atoms with Gasteiger partial charge in [-0.2, -0.15) is 0 Å². The van der Waals surface area contributed by atoms with Gasteiger partial charge in [0.1, 0.15) is 0 Å². The molecule has 0 fully saturated rings. The Kier molecular flexibility index (Phi) is 4.37. The quantitative estimate of drug-likeness (QED) is 0.327. The molecule has 0 saturated carbocycles. The summed E-state index contributed by atoms with van der Waals surface area (Å²) in [5.74, 6) is -0.329. The zero-order valence-corrected chi connectivity index (χ0v) is 11.6. The van der Waals surface area contributed by atoms with E-state index in [1.165, 1.54) is 0 Å². The largest absolute Gasteiger partial charge is 0.409 e. The number of oxime groups is 1. The van der Waals surface area contributed by atoms with Crippen molar-refractivity contribution in [1.82, 2.24) is 5.32 Å². The van der Waals surface area contributed by atoms with Gasteiger partial charge in [-0.3, -0.25) is 4.79 Å². The highest BCUT2D eigenvalue weighted by atomic mass is 16.4. The number of rotatable bonds is 4. The van der Waals surface area contributed by atoms with Crippen molar-refractivity contribution in [2.45, 2.75) is 19.4 Å². The van der Waals surface area contributed by atoms with E-state index in [0.29, 0.717) is 5.56 Å². The summed E-state index contributed by atoms with van der Waals surface area (Å²) in [7, 11) is 3.80. The van der Waals surface area contributed by atoms with E-state index in [2.05, 4.69) is 10.5 Å². The maximum Gasteiger partial charge on any atom is 0.252 e. The Morgan fingerprint density at radius 3 is 2.58 bits per heavy atom. The summed E-state index contributed by atoms with van der Waals surface area (Å²) >= 11 is 0. The van der Waals surface area contributed by atoms with Gasteiger partial charge in [0, 0.05) is 25.3 Å². The summed E-state index contributed by atoms with van der Waals surface area (Å²) in [6.45, 7) is 3.32. The molecule has 0 heterocycles. The normalized spacial score (nSPS) is 12.1. The van der Waals surface area contributed by atoms with Crippen molar-refractivity contribution in [3.63, 3.8) is 0 Å². The van der Waals surface area contributed by atoms with Crippen molar-refractivity contribution in [2.75, 3.05) is 19.0 Å². The molecule has 19 heavy (non-hydrogen) atoms. The van der Waals surface area contributed by atoms with E-state index in [4.69, 9.17) is 10.9 Å². The summed E-state index contributed by atoms with van der Waals surface area (Å²) < 4.78 is 0. The molecule has 0 saturated heterocycles. The maximum absolute atomic E-state index is 12.1. The minimum absolute atomic E-state index is 0.0513. The second-order valence-electron chi connectivity index (χ2n) is 5.01. The molecule has 0 aromatic heterocycles. The van der Waals surface area contributed by atoms with Crippen molar-refractivity contribution in [3.05, 3.63) is 29.8 Å². The van der Waals surface area contributed by atoms with E-state index in [1.54, 1.807) is 32.0 Å². The maximum atomic E-state index is 12.1. The first-order valence-corrected chi connectivity index (χ1v) is 5.86. The molecule has 6 nitrogen and oxygen atoms in total. The number of nitrogens with two attached hydrogens (primary N) is 1. The summed E-state index contributed by atoms with van der Waals surface area (Å²) in [4.78, 5) is 14.0. The number of amidine groups is 1. The van der Waals surface area contributed by atoms with Gasteiger partial charge in [0.25, 0.3) is 5.91 Å². The molecule has 4 N–H and O–H groups in total. The van der Waals surface area contributed by atoms with Crippen molar-refractivity contribution >= 4 is 17.4 Å². The van der Waals surface area contributed by atoms with E-state index >= 15 is 0 Å². The fraction of sp³-hybridized carbons (Fsp3) is 0.385. The highest BCUT2D eigenvalue weighted by molar-refractivity contribution is 6.00. The van der Waals surface area contributed by atoms with Crippen LogP contribution in [-0.4, -0.2) is 36.6 Å². The van der Waals surface area contributed by atoms with E-state index in [0.717, 1.165) is 5.69 Å². The molecule has 1 rings (SSSR count). The summed E-state index contributed by atoms with van der Waals surface area (Å²) in [6, 6.07) is 7.20. The number of hydrogen-bond donors (Lipinski definition) is 3. The predicted octanol–water partition coefficient (Wildman–Crippen LogP) is 1.01. The molecule has 0 aliphatic rings. The topological polar surface area (TPSA) is 91.0 Å². The van der Waals surface area contributed by atoms with Gasteiger partial charge in [-0.25, -0.2) is 0 Å². The van der Waals surface area contributed by atoms with Crippen LogP contribution in [0.1, 0.15) is 24.2 Å². The van der Waals surface area contributed by atoms with Crippen LogP contribution in [0.3, 0.4) is 0 Å². The van der Waals surface area contributed by atoms with Gasteiger partial charge in [0.05, 0.1) is 5.54 Å². The number of hydrogen-bond acceptors (Lipinski definition) is 4. The number of anilines is 1. The molecule has 6 heteroatoms. The Morgan fingerprint density at radius 1 is 1.42 bits per heavy atom. The van der Waals surface area contributed by atoms with Crippen LogP contribution in [0.25, 0.3) is 0 Å². The molecule has 0 bridgehead atoms. The van der Waals surface area contributed by atoms with Gasteiger partial charge in [-0.1, -0.05) is 11.2 Å². The highest BCUT2D eigenvalue weighted by Crippen LogP contribution is 2.14. The Bertz CT molecular complexity index is 495. The number of benzene rings is 1. The summed E-state index contributed by atoms with van der Waals surface area (Å²) in [6.07, 6.45) is 0. The minimum Gasteiger partial charge on any atom is -0.409 e. The van der Waals surface area contributed by atoms with E-state index in [9.17, 15) is 4.79 Å². The zero-order valence-electron chi connectivity index (χ0n) is 11.6. The minimum atomic E-state index is -0.917. The first kappa shape index (κ1) is 14.8. The van der Waals surface area contributed by atoms with Crippen LogP contribution < -0.4 is 16.0 Å². The average Bonchev–Trinajstić information content (AvgIpc) is 2.37. The fourth-order valence-electron chi connectivity index (χ4n) is 1.47. The molecule has 104 valence electrons. The zero-order chi connectivity index (χ0) is 14.6. The van der Waals surface area contributed by atoms with Gasteiger partial charge in [-0.05, 0) is 32.0 Å². The second-order valence-corrected chi connectivity index (χ2v) is 5.01. The van der Waals surface area contributed by atoms with Crippen LogP contribution in [0.15, 0.2) is 29.4 Å². The van der Waals surface area contributed by atoms with Crippen LogP contribution in [0, 0.1) is 0 Å². The second kappa shape index (κ2) is 5.60. The van der Waals surface area contributed by atoms with Gasteiger partial charge in [0.2, 0.25) is 0 Å². The SMILES string of the molecule is CN(C)c1cccc(C(=O)NC(C)(C)/C(N)=N/O)c1. The number of nitrogens with zero attached hydrogens (tertiary/aromatic N) is 2. The summed E-state index contributed by atoms with van der Waals surface area (Å²) in [5.41, 5.74) is 6.06. The highest BCUT2D eigenvalue weighted by Gasteiger charge is 2.26. The van der Waals surface area contributed by atoms with E-state index in [1.807, 2.05) is 25.1 Å². The lowest BCUT2D eigenvalue weighted by atomic mass is 10.0. The molecule has 0 spiro atoms. The summed E-state index contributed by atoms with van der Waals surface area (Å²) in [5, 5.41) is 14.3. The lowest BCUT2D eigenvalue weighted by Gasteiger charge is -2.24. The third kappa shape index (κ3) is 3.61. The molecule has 0 aliphatic heterocycles. The Balaban J connectivity index is 2.93. The lowest BCUT2D eigenvalue weighted by molar-refractivity contribution is 0.0931. The van der Waals surface area contributed by atoms with Crippen LogP contribution in [0.5, 0.6) is 0 Å². The predicted molar refractivity (Wildman–Crippen MR) is 75.7 cm³/mol. The molecule has 1 amide bonds. The van der Waals surface area contributed by atoms with Gasteiger partial charge < -0.3 is 21.2 Å². The number of carbonyl (C=O) groups excluding carboxylic acids is 1. The first-order valence-electron chi connectivity index (χ1n) is 5.86. The first-order chi connectivity index (χ1) is 8.77. The van der Waals surface area contributed by atoms with Gasteiger partial charge in [0.15, 0.2) is 5.84 Å². The van der Waals surface area contributed by atoms with E-state index in [-0.39, 0.29) is 11.7 Å². The molecule has 0 aliphatic carbocycles. The van der Waals surface area contributed by atoms with Crippen LogP contribution in [0.2, 0.25) is 0 Å². The monoisotopic (exact) mass is 264 g/mol. The molecular formula is C13H20N4O2. The molecule has 1 aromatic carbocycles. The molecular weight excluding hydrogens is 244 g/mol. The Hall–Kier alpha value is -2.24. The standard InChI is InChI=1S/C13H20N4O2/c1-13(2,12(14)16-19)15-11(18)9-6-5-7-10(8-9)17(3)4/h5-8,19H,1-4H3,(H2,14,16)(H,15,18). The fourth-order valence-corrected chi connectivity index (χ4v) is 1.47. The third-order valence-corrected chi connectivity index (χ3v) is 2.80. The Morgan fingerprint density at radius 2 is 2.05 bits per heavy atom.